The molecule has 2 nitrogen and oxygen atoms in total. The maximum absolute atomic E-state index is 6.41. The molecule has 1 heterocycles. The summed E-state index contributed by atoms with van der Waals surface area (Å²) < 4.78 is 2.00. The summed E-state index contributed by atoms with van der Waals surface area (Å²) in [6.07, 6.45) is 0. The van der Waals surface area contributed by atoms with Crippen LogP contribution in [0.5, 0.6) is 0 Å². The Bertz CT molecular complexity index is 801. The Morgan fingerprint density at radius 1 is 1.05 bits per heavy atom. The minimum absolute atomic E-state index is 0.260. The van der Waals surface area contributed by atoms with E-state index < -0.39 is 0 Å². The second-order valence-corrected chi connectivity index (χ2v) is 6.40. The number of rotatable bonds is 2. The molecule has 2 aromatic carbocycles. The number of alkyl halides is 1. The van der Waals surface area contributed by atoms with Gasteiger partial charge in [0, 0.05) is 0 Å². The quantitative estimate of drug-likeness (QED) is 0.528. The van der Waals surface area contributed by atoms with E-state index in [0.29, 0.717) is 10.0 Å². The van der Waals surface area contributed by atoms with Crippen LogP contribution in [-0.4, -0.2) is 9.55 Å². The molecule has 0 aliphatic rings. The van der Waals surface area contributed by atoms with E-state index in [4.69, 9.17) is 34.8 Å². The first-order chi connectivity index (χ1) is 10.0. The van der Waals surface area contributed by atoms with Crippen LogP contribution >= 0.6 is 34.8 Å². The molecule has 3 aromatic rings. The number of imidazole rings is 1. The number of aryl methyl sites for hydroxylation is 1. The van der Waals surface area contributed by atoms with E-state index in [1.54, 1.807) is 0 Å². The molecule has 0 radical (unpaired) electrons. The Morgan fingerprint density at radius 2 is 1.71 bits per heavy atom. The first-order valence-corrected chi connectivity index (χ1v) is 7.76. The first-order valence-electron chi connectivity index (χ1n) is 6.57. The van der Waals surface area contributed by atoms with E-state index >= 15 is 0 Å². The lowest BCUT2D eigenvalue weighted by molar-refractivity contribution is 0.878. The smallest absolute Gasteiger partial charge is 0.132 e. The van der Waals surface area contributed by atoms with E-state index in [1.807, 2.05) is 54.8 Å². The maximum Gasteiger partial charge on any atom is 0.132 e. The number of fused-ring (bicyclic) bond motifs is 1. The van der Waals surface area contributed by atoms with E-state index in [2.05, 4.69) is 4.98 Å². The van der Waals surface area contributed by atoms with Crippen LogP contribution in [-0.2, 0) is 0 Å². The van der Waals surface area contributed by atoms with Crippen LogP contribution in [0, 0.1) is 6.92 Å². The maximum atomic E-state index is 6.41. The largest absolute Gasteiger partial charge is 0.293 e. The van der Waals surface area contributed by atoms with Crippen LogP contribution < -0.4 is 0 Å². The molecule has 1 unspecified atom stereocenters. The predicted octanol–water partition coefficient (Wildman–Crippen LogP) is 5.94. The van der Waals surface area contributed by atoms with Gasteiger partial charge < -0.3 is 0 Å². The van der Waals surface area contributed by atoms with Gasteiger partial charge >= 0.3 is 0 Å². The lowest BCUT2D eigenvalue weighted by Gasteiger charge is -2.14. The fraction of sp³-hybridized carbons (Fsp3) is 0.188. The molecule has 0 saturated heterocycles. The van der Waals surface area contributed by atoms with Gasteiger partial charge in [-0.3, -0.25) is 4.57 Å². The SMILES string of the molecule is Cc1cccc(Cl)c1-n1c(C(C)Cl)nc2c(Cl)cccc21. The second-order valence-electron chi connectivity index (χ2n) is 4.93. The predicted molar refractivity (Wildman–Crippen MR) is 90.1 cm³/mol. The summed E-state index contributed by atoms with van der Waals surface area (Å²) in [6.45, 7) is 3.90. The second kappa shape index (κ2) is 5.53. The van der Waals surface area contributed by atoms with E-state index in [0.717, 1.165) is 28.1 Å². The Kier molecular flexibility index (Phi) is 3.87. The Morgan fingerprint density at radius 3 is 2.38 bits per heavy atom. The minimum Gasteiger partial charge on any atom is -0.293 e. The molecule has 5 heteroatoms. The average Bonchev–Trinajstić information content (AvgIpc) is 2.80. The fourth-order valence-electron chi connectivity index (χ4n) is 2.49. The Labute approximate surface area is 138 Å². The molecule has 0 amide bonds. The van der Waals surface area contributed by atoms with Gasteiger partial charge in [-0.25, -0.2) is 4.98 Å². The molecule has 108 valence electrons. The van der Waals surface area contributed by atoms with Crippen molar-refractivity contribution in [2.75, 3.05) is 0 Å². The monoisotopic (exact) mass is 338 g/mol. The highest BCUT2D eigenvalue weighted by Crippen LogP contribution is 2.35. The van der Waals surface area contributed by atoms with Crippen LogP contribution in [0.25, 0.3) is 16.7 Å². The zero-order valence-corrected chi connectivity index (χ0v) is 13.8. The zero-order chi connectivity index (χ0) is 15.1. The van der Waals surface area contributed by atoms with Crippen LogP contribution in [0.1, 0.15) is 23.7 Å². The van der Waals surface area contributed by atoms with Gasteiger partial charge in [0.15, 0.2) is 0 Å². The van der Waals surface area contributed by atoms with E-state index in [9.17, 15) is 0 Å². The third-order valence-electron chi connectivity index (χ3n) is 3.43. The van der Waals surface area contributed by atoms with Crippen molar-refractivity contribution in [3.63, 3.8) is 0 Å². The fourth-order valence-corrected chi connectivity index (χ4v) is 3.16. The number of aromatic nitrogens is 2. The van der Waals surface area contributed by atoms with Crippen molar-refractivity contribution in [2.45, 2.75) is 19.2 Å². The molecule has 0 aliphatic heterocycles. The van der Waals surface area contributed by atoms with Gasteiger partial charge in [-0.1, -0.05) is 41.4 Å². The van der Waals surface area contributed by atoms with Crippen molar-refractivity contribution in [3.05, 3.63) is 57.8 Å². The summed E-state index contributed by atoms with van der Waals surface area (Å²) >= 11 is 19.0. The van der Waals surface area contributed by atoms with Gasteiger partial charge in [-0.15, -0.1) is 11.6 Å². The zero-order valence-electron chi connectivity index (χ0n) is 11.6. The normalized spacial score (nSPS) is 12.8. The highest BCUT2D eigenvalue weighted by molar-refractivity contribution is 6.35. The molecule has 0 N–H and O–H groups in total. The molecule has 3 rings (SSSR count). The van der Waals surface area contributed by atoms with E-state index in [-0.39, 0.29) is 5.38 Å². The number of para-hydroxylation sites is 2. The Hall–Kier alpha value is -1.22. The molecule has 0 aliphatic carbocycles. The molecule has 0 fully saturated rings. The molecule has 21 heavy (non-hydrogen) atoms. The van der Waals surface area contributed by atoms with Crippen molar-refractivity contribution in [2.24, 2.45) is 0 Å². The lowest BCUT2D eigenvalue weighted by atomic mass is 10.2. The molecule has 1 aromatic heterocycles. The third kappa shape index (κ3) is 2.42. The van der Waals surface area contributed by atoms with Gasteiger partial charge in [0.2, 0.25) is 0 Å². The number of halogens is 3. The van der Waals surface area contributed by atoms with Gasteiger partial charge in [0.05, 0.1) is 26.6 Å². The lowest BCUT2D eigenvalue weighted by Crippen LogP contribution is -2.04. The highest BCUT2D eigenvalue weighted by Gasteiger charge is 2.20. The summed E-state index contributed by atoms with van der Waals surface area (Å²) in [5.74, 6) is 0.732. The standard InChI is InChI=1S/C16H13Cl3N2/c1-9-5-3-7-12(19)15(9)21-13-8-4-6-11(18)14(13)20-16(21)10(2)17/h3-8,10H,1-2H3. The third-order valence-corrected chi connectivity index (χ3v) is 4.23. The van der Waals surface area contributed by atoms with E-state index in [1.165, 1.54) is 0 Å². The Balaban J connectivity index is 2.46. The number of hydrogen-bond donors (Lipinski definition) is 0. The van der Waals surface area contributed by atoms with Gasteiger partial charge in [-0.05, 0) is 37.6 Å². The van der Waals surface area contributed by atoms with Crippen molar-refractivity contribution >= 4 is 45.8 Å². The van der Waals surface area contributed by atoms with Crippen molar-refractivity contribution < 1.29 is 0 Å². The topological polar surface area (TPSA) is 17.8 Å². The van der Waals surface area contributed by atoms with Gasteiger partial charge in [0.25, 0.3) is 0 Å². The molecule has 1 atom stereocenters. The van der Waals surface area contributed by atoms with Gasteiger partial charge in [0.1, 0.15) is 11.3 Å². The van der Waals surface area contributed by atoms with Crippen molar-refractivity contribution in [1.82, 2.24) is 9.55 Å². The summed E-state index contributed by atoms with van der Waals surface area (Å²) in [5, 5.41) is 1.01. The molecule has 0 saturated carbocycles. The average molecular weight is 340 g/mol. The molecule has 0 bridgehead atoms. The minimum atomic E-state index is -0.260. The summed E-state index contributed by atoms with van der Waals surface area (Å²) in [5.41, 5.74) is 3.59. The summed E-state index contributed by atoms with van der Waals surface area (Å²) in [4.78, 5) is 4.61. The molecule has 0 spiro atoms. The van der Waals surface area contributed by atoms with Gasteiger partial charge in [-0.2, -0.15) is 0 Å². The molecular weight excluding hydrogens is 327 g/mol. The van der Waals surface area contributed by atoms with Crippen LogP contribution in [0.4, 0.5) is 0 Å². The summed E-state index contributed by atoms with van der Waals surface area (Å²) in [7, 11) is 0. The van der Waals surface area contributed by atoms with Crippen molar-refractivity contribution in [3.8, 4) is 5.69 Å². The number of hydrogen-bond acceptors (Lipinski definition) is 1. The number of nitrogens with zero attached hydrogens (tertiary/aromatic N) is 2. The van der Waals surface area contributed by atoms with Crippen LogP contribution in [0.2, 0.25) is 10.0 Å². The first kappa shape index (κ1) is 14.7. The highest BCUT2D eigenvalue weighted by atomic mass is 35.5. The van der Waals surface area contributed by atoms with Crippen molar-refractivity contribution in [1.29, 1.82) is 0 Å². The van der Waals surface area contributed by atoms with Crippen LogP contribution in [0.3, 0.4) is 0 Å². The van der Waals surface area contributed by atoms with Crippen LogP contribution in [0.15, 0.2) is 36.4 Å². The summed E-state index contributed by atoms with van der Waals surface area (Å²) in [6, 6.07) is 11.5. The molecular formula is C16H13Cl3N2. The number of benzene rings is 2.